The van der Waals surface area contributed by atoms with Gasteiger partial charge >= 0.3 is 0 Å². The number of imidazole rings is 1. The molecule has 0 saturated carbocycles. The molecule has 1 aliphatic rings. The topological polar surface area (TPSA) is 133 Å². The molecule has 0 aliphatic carbocycles. The number of piperidine rings is 1. The third kappa shape index (κ3) is 5.95. The van der Waals surface area contributed by atoms with Gasteiger partial charge in [0.05, 0.1) is 34.4 Å². The van der Waals surface area contributed by atoms with Gasteiger partial charge in [-0.15, -0.1) is 0 Å². The number of aromatic amines is 2. The lowest BCUT2D eigenvalue weighted by Gasteiger charge is -2.26. The summed E-state index contributed by atoms with van der Waals surface area (Å²) in [6.07, 6.45) is 12.3. The first-order valence-electron chi connectivity index (χ1n) is 14.6. The van der Waals surface area contributed by atoms with Crippen LogP contribution in [0.1, 0.15) is 30.4 Å². The van der Waals surface area contributed by atoms with E-state index in [1.165, 1.54) is 37.7 Å². The molecule has 1 fully saturated rings. The van der Waals surface area contributed by atoms with Gasteiger partial charge in [0.25, 0.3) is 0 Å². The van der Waals surface area contributed by atoms with E-state index in [2.05, 4.69) is 41.1 Å². The molecular weight excluding hydrogens is 579 g/mol. The lowest BCUT2D eigenvalue weighted by Crippen LogP contribution is -2.29. The van der Waals surface area contributed by atoms with E-state index in [4.69, 9.17) is 4.98 Å². The Hall–Kier alpha value is -4.55. The van der Waals surface area contributed by atoms with Crippen molar-refractivity contribution >= 4 is 31.8 Å². The van der Waals surface area contributed by atoms with Gasteiger partial charge < -0.3 is 4.98 Å². The summed E-state index contributed by atoms with van der Waals surface area (Å²) in [5.41, 5.74) is 7.12. The molecular formula is C32H31FN8O2S. The van der Waals surface area contributed by atoms with Gasteiger partial charge in [-0.25, -0.2) is 17.8 Å². The van der Waals surface area contributed by atoms with E-state index in [0.717, 1.165) is 47.4 Å². The molecule has 0 bridgehead atoms. The Morgan fingerprint density at radius 3 is 2.59 bits per heavy atom. The number of nitrogens with one attached hydrogen (secondary N) is 2. The second-order valence-electron chi connectivity index (χ2n) is 11.5. The number of sulfone groups is 1. The zero-order chi connectivity index (χ0) is 30.3. The molecule has 10 nitrogen and oxygen atoms in total. The number of nitrogens with zero attached hydrogens (tertiary/aromatic N) is 6. The minimum absolute atomic E-state index is 0.0675. The van der Waals surface area contributed by atoms with Crippen molar-refractivity contribution < 1.29 is 12.8 Å². The van der Waals surface area contributed by atoms with Gasteiger partial charge in [0.1, 0.15) is 26.9 Å². The highest BCUT2D eigenvalue weighted by Gasteiger charge is 2.18. The van der Waals surface area contributed by atoms with Gasteiger partial charge in [0.15, 0.2) is 5.82 Å². The summed E-state index contributed by atoms with van der Waals surface area (Å²) in [5.74, 6) is -0.00111. The number of halogens is 1. The molecule has 44 heavy (non-hydrogen) atoms. The first kappa shape index (κ1) is 28.2. The van der Waals surface area contributed by atoms with E-state index in [-0.39, 0.29) is 12.2 Å². The first-order chi connectivity index (χ1) is 21.3. The van der Waals surface area contributed by atoms with Gasteiger partial charge in [-0.2, -0.15) is 5.10 Å². The van der Waals surface area contributed by atoms with Crippen LogP contribution in [0.25, 0.3) is 56.0 Å². The van der Waals surface area contributed by atoms with Crippen molar-refractivity contribution in [1.29, 1.82) is 0 Å². The number of benzene rings is 1. The van der Waals surface area contributed by atoms with Gasteiger partial charge in [0, 0.05) is 47.9 Å². The van der Waals surface area contributed by atoms with Crippen molar-refractivity contribution in [2.24, 2.45) is 0 Å². The highest BCUT2D eigenvalue weighted by Crippen LogP contribution is 2.32. The number of H-pyrrole nitrogens is 2. The van der Waals surface area contributed by atoms with Crippen molar-refractivity contribution in [2.45, 2.75) is 32.2 Å². The van der Waals surface area contributed by atoms with Gasteiger partial charge in [-0.05, 0) is 79.9 Å². The summed E-state index contributed by atoms with van der Waals surface area (Å²) >= 11 is 0. The predicted octanol–water partition coefficient (Wildman–Crippen LogP) is 5.34. The second kappa shape index (κ2) is 11.5. The molecule has 6 aromatic rings. The van der Waals surface area contributed by atoms with Gasteiger partial charge in [-0.3, -0.25) is 25.0 Å². The molecule has 2 N–H and O–H groups in total. The van der Waals surface area contributed by atoms with Crippen LogP contribution in [0.4, 0.5) is 4.39 Å². The van der Waals surface area contributed by atoms with Crippen LogP contribution in [0.15, 0.2) is 61.2 Å². The zero-order valence-corrected chi connectivity index (χ0v) is 25.0. The number of pyridine rings is 3. The molecule has 6 heterocycles. The molecule has 0 unspecified atom stereocenters. The number of fused-ring (bicyclic) bond motifs is 2. The molecule has 0 spiro atoms. The maximum absolute atomic E-state index is 14.6. The predicted molar refractivity (Wildman–Crippen MR) is 168 cm³/mol. The maximum atomic E-state index is 14.6. The summed E-state index contributed by atoms with van der Waals surface area (Å²) in [6, 6.07) is 10.4. The van der Waals surface area contributed by atoms with Crippen LogP contribution in [-0.2, 0) is 22.8 Å². The number of aromatic nitrogens is 7. The standard InChI is InChI=1S/C32H31FN8O2S/c1-44(42,43)10-6-20-11-22(14-24(33)13-20)29-31-26(5-7-35-29)37-32(38-31)30-25-15-27(36-18-28(25)39-40-30)23-12-21(16-34-17-23)19-41-8-3-2-4-9-41/h5,7,11-18H,2-4,6,8-10,19H2,1H3,(H,37,38)(H,39,40). The van der Waals surface area contributed by atoms with Crippen molar-refractivity contribution in [1.82, 2.24) is 40.0 Å². The summed E-state index contributed by atoms with van der Waals surface area (Å²) < 4.78 is 38.0. The highest BCUT2D eigenvalue weighted by molar-refractivity contribution is 7.90. The van der Waals surface area contributed by atoms with Crippen LogP contribution in [-0.4, -0.2) is 73.5 Å². The highest BCUT2D eigenvalue weighted by atomic mass is 32.2. The average molecular weight is 611 g/mol. The molecule has 0 atom stereocenters. The quantitative estimate of drug-likeness (QED) is 0.236. The fourth-order valence-corrected chi connectivity index (χ4v) is 6.44. The normalized spacial score (nSPS) is 14.5. The Morgan fingerprint density at radius 1 is 0.909 bits per heavy atom. The fraction of sp³-hybridized carbons (Fsp3) is 0.281. The summed E-state index contributed by atoms with van der Waals surface area (Å²) in [5, 5.41) is 8.45. The fourth-order valence-electron chi connectivity index (χ4n) is 5.84. The molecule has 1 aliphatic heterocycles. The minimum Gasteiger partial charge on any atom is -0.336 e. The number of likely N-dealkylation sites (tertiary alicyclic amines) is 1. The molecule has 5 aromatic heterocycles. The van der Waals surface area contributed by atoms with E-state index >= 15 is 0 Å². The monoisotopic (exact) mass is 610 g/mol. The molecule has 12 heteroatoms. The van der Waals surface area contributed by atoms with Crippen LogP contribution < -0.4 is 0 Å². The van der Waals surface area contributed by atoms with E-state index in [1.807, 2.05) is 18.5 Å². The summed E-state index contributed by atoms with van der Waals surface area (Å²) in [4.78, 5) is 24.4. The molecule has 1 saturated heterocycles. The second-order valence-corrected chi connectivity index (χ2v) is 13.7. The van der Waals surface area contributed by atoms with Crippen LogP contribution >= 0.6 is 0 Å². The minimum atomic E-state index is -3.19. The molecule has 1 aromatic carbocycles. The third-order valence-corrected chi connectivity index (χ3v) is 8.96. The first-order valence-corrected chi connectivity index (χ1v) is 16.7. The molecule has 0 amide bonds. The third-order valence-electron chi connectivity index (χ3n) is 8.01. The zero-order valence-electron chi connectivity index (χ0n) is 24.2. The van der Waals surface area contributed by atoms with E-state index in [1.54, 1.807) is 24.5 Å². The van der Waals surface area contributed by atoms with Crippen molar-refractivity contribution in [3.8, 4) is 34.0 Å². The average Bonchev–Trinajstić information content (AvgIpc) is 3.64. The molecule has 7 rings (SSSR count). The summed E-state index contributed by atoms with van der Waals surface area (Å²) in [7, 11) is -3.19. The Bertz CT molecular complexity index is 2100. The number of rotatable bonds is 8. The van der Waals surface area contributed by atoms with Crippen LogP contribution in [0.2, 0.25) is 0 Å². The Labute approximate surface area is 253 Å². The van der Waals surface area contributed by atoms with Crippen molar-refractivity contribution in [3.05, 3.63) is 78.1 Å². The maximum Gasteiger partial charge on any atom is 0.159 e. The van der Waals surface area contributed by atoms with Crippen LogP contribution in [0.3, 0.4) is 0 Å². The number of hydrogen-bond donors (Lipinski definition) is 2. The van der Waals surface area contributed by atoms with E-state index < -0.39 is 15.7 Å². The largest absolute Gasteiger partial charge is 0.336 e. The van der Waals surface area contributed by atoms with Crippen molar-refractivity contribution in [3.63, 3.8) is 0 Å². The van der Waals surface area contributed by atoms with Gasteiger partial charge in [-0.1, -0.05) is 6.42 Å². The number of hydrogen-bond acceptors (Lipinski definition) is 8. The Balaban J connectivity index is 1.23. The Morgan fingerprint density at radius 2 is 1.75 bits per heavy atom. The van der Waals surface area contributed by atoms with E-state index in [9.17, 15) is 12.8 Å². The lowest BCUT2D eigenvalue weighted by molar-refractivity contribution is 0.220. The smallest absolute Gasteiger partial charge is 0.159 e. The lowest BCUT2D eigenvalue weighted by atomic mass is 10.0. The van der Waals surface area contributed by atoms with E-state index in [0.29, 0.717) is 39.4 Å². The number of aryl methyl sites for hydroxylation is 1. The SMILES string of the molecule is CS(=O)(=O)CCc1cc(F)cc(-c2nccc3[nH]c(-c4n[nH]c5cnc(-c6cncc(CN7CCCCC7)c6)cc45)nc23)c1. The Kier molecular flexibility index (Phi) is 7.39. The van der Waals surface area contributed by atoms with Crippen molar-refractivity contribution in [2.75, 3.05) is 25.1 Å². The van der Waals surface area contributed by atoms with Gasteiger partial charge in [0.2, 0.25) is 0 Å². The molecule has 224 valence electrons. The molecule has 0 radical (unpaired) electrons. The van der Waals surface area contributed by atoms with Crippen LogP contribution in [0, 0.1) is 5.82 Å². The van der Waals surface area contributed by atoms with Crippen LogP contribution in [0.5, 0.6) is 0 Å². The summed E-state index contributed by atoms with van der Waals surface area (Å²) in [6.45, 7) is 3.11.